The highest BCUT2D eigenvalue weighted by atomic mass is 16.5. The Bertz CT molecular complexity index is 892. The van der Waals surface area contributed by atoms with E-state index in [9.17, 15) is 0 Å². The summed E-state index contributed by atoms with van der Waals surface area (Å²) in [5.41, 5.74) is 3.91. The average Bonchev–Trinajstić information content (AvgIpc) is 3.03. The molecule has 1 saturated heterocycles. The van der Waals surface area contributed by atoms with Gasteiger partial charge in [-0.25, -0.2) is 9.97 Å². The molecule has 7 heteroatoms. The van der Waals surface area contributed by atoms with Crippen molar-refractivity contribution >= 4 is 11.0 Å². The Labute approximate surface area is 146 Å². The van der Waals surface area contributed by atoms with Crippen molar-refractivity contribution in [3.05, 3.63) is 47.4 Å². The third kappa shape index (κ3) is 3.25. The maximum atomic E-state index is 5.40. The van der Waals surface area contributed by atoms with Gasteiger partial charge in [0.25, 0.3) is 0 Å². The monoisotopic (exact) mass is 338 g/mol. The van der Waals surface area contributed by atoms with E-state index < -0.39 is 0 Å². The Morgan fingerprint density at radius 2 is 1.84 bits per heavy atom. The van der Waals surface area contributed by atoms with Crippen molar-refractivity contribution in [3.63, 3.8) is 0 Å². The number of hydrogen-bond acceptors (Lipinski definition) is 7. The Hall–Kier alpha value is -2.38. The number of para-hydroxylation sites is 2. The molecule has 0 N–H and O–H groups in total. The summed E-state index contributed by atoms with van der Waals surface area (Å²) in [5.74, 6) is 1.36. The molecule has 0 bridgehead atoms. The quantitative estimate of drug-likeness (QED) is 0.724. The Morgan fingerprint density at radius 3 is 2.56 bits per heavy atom. The van der Waals surface area contributed by atoms with E-state index in [1.165, 1.54) is 0 Å². The van der Waals surface area contributed by atoms with Crippen LogP contribution in [0.2, 0.25) is 0 Å². The van der Waals surface area contributed by atoms with Crippen LogP contribution in [0.5, 0.6) is 0 Å². The molecule has 1 fully saturated rings. The highest BCUT2D eigenvalue weighted by molar-refractivity contribution is 5.74. The van der Waals surface area contributed by atoms with E-state index in [4.69, 9.17) is 14.5 Å². The fourth-order valence-electron chi connectivity index (χ4n) is 3.28. The molecule has 3 heterocycles. The molecule has 1 aliphatic heterocycles. The van der Waals surface area contributed by atoms with Crippen LogP contribution in [0.25, 0.3) is 11.0 Å². The summed E-state index contributed by atoms with van der Waals surface area (Å²) in [6.45, 7) is 7.43. The molecule has 1 atom stereocenters. The van der Waals surface area contributed by atoms with Gasteiger partial charge in [0.05, 0.1) is 22.4 Å². The summed E-state index contributed by atoms with van der Waals surface area (Å²) in [7, 11) is 2.10. The first kappa shape index (κ1) is 16.1. The number of likely N-dealkylation sites (N-methyl/N-ethyl adjacent to an activating group) is 1. The number of nitrogens with zero attached hydrogens (tertiary/aromatic N) is 6. The lowest BCUT2D eigenvalue weighted by atomic mass is 10.1. The second-order valence-corrected chi connectivity index (χ2v) is 6.66. The highest BCUT2D eigenvalue weighted by Gasteiger charge is 2.30. The zero-order valence-electron chi connectivity index (χ0n) is 14.8. The zero-order chi connectivity index (χ0) is 17.4. The van der Waals surface area contributed by atoms with Gasteiger partial charge >= 0.3 is 0 Å². The molecule has 0 spiro atoms. The number of aryl methyl sites for hydroxylation is 2. The molecule has 0 radical (unpaired) electrons. The number of hydrogen-bond donors (Lipinski definition) is 0. The lowest BCUT2D eigenvalue weighted by molar-refractivity contribution is 0.0706. The number of piperazine rings is 1. The average molecular weight is 338 g/mol. The van der Waals surface area contributed by atoms with Gasteiger partial charge in [0.2, 0.25) is 5.89 Å². The largest absolute Gasteiger partial charge is 0.338 e. The molecule has 1 aliphatic rings. The zero-order valence-corrected chi connectivity index (χ0v) is 14.8. The molecule has 0 aliphatic carbocycles. The summed E-state index contributed by atoms with van der Waals surface area (Å²) in [5, 5.41) is 3.93. The topological polar surface area (TPSA) is 71.2 Å². The summed E-state index contributed by atoms with van der Waals surface area (Å²) >= 11 is 0. The van der Waals surface area contributed by atoms with Crippen LogP contribution in [0.3, 0.4) is 0 Å². The van der Waals surface area contributed by atoms with E-state index in [-0.39, 0.29) is 6.04 Å². The summed E-state index contributed by atoms with van der Waals surface area (Å²) in [4.78, 5) is 18.6. The first-order valence-electron chi connectivity index (χ1n) is 8.55. The first-order valence-corrected chi connectivity index (χ1v) is 8.55. The Kier molecular flexibility index (Phi) is 4.19. The SMILES string of the molecule is Cc1noc(C2CN(Cc3nc4ccccc4nc3C)CCN2C)n1. The van der Waals surface area contributed by atoms with Crippen LogP contribution in [0.4, 0.5) is 0 Å². The Morgan fingerprint density at radius 1 is 1.08 bits per heavy atom. The lowest BCUT2D eigenvalue weighted by Gasteiger charge is -2.37. The lowest BCUT2D eigenvalue weighted by Crippen LogP contribution is -2.46. The van der Waals surface area contributed by atoms with E-state index in [0.29, 0.717) is 11.7 Å². The highest BCUT2D eigenvalue weighted by Crippen LogP contribution is 2.24. The smallest absolute Gasteiger partial charge is 0.245 e. The fraction of sp³-hybridized carbons (Fsp3) is 0.444. The van der Waals surface area contributed by atoms with E-state index in [2.05, 4.69) is 27.0 Å². The molecule has 0 saturated carbocycles. The molecule has 1 aromatic carbocycles. The van der Waals surface area contributed by atoms with Gasteiger partial charge in [-0.15, -0.1) is 0 Å². The maximum Gasteiger partial charge on any atom is 0.245 e. The second-order valence-electron chi connectivity index (χ2n) is 6.66. The molecule has 0 amide bonds. The van der Waals surface area contributed by atoms with Crippen molar-refractivity contribution in [2.24, 2.45) is 0 Å². The van der Waals surface area contributed by atoms with Gasteiger partial charge in [0, 0.05) is 26.2 Å². The molecule has 1 unspecified atom stereocenters. The predicted molar refractivity (Wildman–Crippen MR) is 94.0 cm³/mol. The fourth-order valence-corrected chi connectivity index (χ4v) is 3.28. The van der Waals surface area contributed by atoms with Crippen LogP contribution in [-0.4, -0.2) is 56.6 Å². The molecule has 2 aromatic heterocycles. The molecule has 7 nitrogen and oxygen atoms in total. The second kappa shape index (κ2) is 6.50. The molecule has 3 aromatic rings. The van der Waals surface area contributed by atoms with Crippen LogP contribution in [0, 0.1) is 13.8 Å². The number of aromatic nitrogens is 4. The number of rotatable bonds is 3. The number of fused-ring (bicyclic) bond motifs is 1. The standard InChI is InChI=1S/C18H22N6O/c1-12-16(21-15-7-5-4-6-14(15)19-12)10-24-9-8-23(3)17(11-24)18-20-13(2)22-25-18/h4-7,17H,8-11H2,1-3H3. The van der Waals surface area contributed by atoms with E-state index in [0.717, 1.165) is 48.6 Å². The van der Waals surface area contributed by atoms with Crippen molar-refractivity contribution in [2.45, 2.75) is 26.4 Å². The summed E-state index contributed by atoms with van der Waals surface area (Å²) < 4.78 is 5.40. The third-order valence-electron chi connectivity index (χ3n) is 4.78. The first-order chi connectivity index (χ1) is 12.1. The summed E-state index contributed by atoms with van der Waals surface area (Å²) in [6, 6.07) is 8.12. The Balaban J connectivity index is 1.55. The minimum atomic E-state index is 0.115. The van der Waals surface area contributed by atoms with Gasteiger partial charge in [0.1, 0.15) is 6.04 Å². The van der Waals surface area contributed by atoms with Gasteiger partial charge in [-0.2, -0.15) is 4.98 Å². The van der Waals surface area contributed by atoms with Gasteiger partial charge in [-0.05, 0) is 33.0 Å². The van der Waals surface area contributed by atoms with Crippen molar-refractivity contribution in [2.75, 3.05) is 26.7 Å². The third-order valence-corrected chi connectivity index (χ3v) is 4.78. The molecule has 4 rings (SSSR count). The van der Waals surface area contributed by atoms with Crippen LogP contribution < -0.4 is 0 Å². The van der Waals surface area contributed by atoms with Crippen molar-refractivity contribution in [1.82, 2.24) is 29.9 Å². The maximum absolute atomic E-state index is 5.40. The van der Waals surface area contributed by atoms with Crippen LogP contribution >= 0.6 is 0 Å². The van der Waals surface area contributed by atoms with E-state index in [1.807, 2.05) is 38.1 Å². The van der Waals surface area contributed by atoms with Crippen molar-refractivity contribution in [3.8, 4) is 0 Å². The molecule has 130 valence electrons. The van der Waals surface area contributed by atoms with Crippen LogP contribution in [0.15, 0.2) is 28.8 Å². The van der Waals surface area contributed by atoms with Crippen LogP contribution in [0.1, 0.15) is 29.1 Å². The normalized spacial score (nSPS) is 19.6. The van der Waals surface area contributed by atoms with E-state index >= 15 is 0 Å². The van der Waals surface area contributed by atoms with Gasteiger partial charge in [0.15, 0.2) is 5.82 Å². The van der Waals surface area contributed by atoms with Gasteiger partial charge in [-0.3, -0.25) is 9.80 Å². The molecule has 25 heavy (non-hydrogen) atoms. The molecular formula is C18H22N6O. The molecular weight excluding hydrogens is 316 g/mol. The number of benzene rings is 1. The minimum Gasteiger partial charge on any atom is -0.338 e. The minimum absolute atomic E-state index is 0.115. The van der Waals surface area contributed by atoms with Gasteiger partial charge < -0.3 is 4.52 Å². The van der Waals surface area contributed by atoms with Crippen molar-refractivity contribution < 1.29 is 4.52 Å². The van der Waals surface area contributed by atoms with Gasteiger partial charge in [-0.1, -0.05) is 17.3 Å². The van der Waals surface area contributed by atoms with Crippen molar-refractivity contribution in [1.29, 1.82) is 0 Å². The predicted octanol–water partition coefficient (Wildman–Crippen LogP) is 2.12. The van der Waals surface area contributed by atoms with Crippen LogP contribution in [-0.2, 0) is 6.54 Å². The summed E-state index contributed by atoms with van der Waals surface area (Å²) in [6.07, 6.45) is 0. The van der Waals surface area contributed by atoms with E-state index in [1.54, 1.807) is 0 Å².